The van der Waals surface area contributed by atoms with Gasteiger partial charge in [0.15, 0.2) is 11.5 Å². The van der Waals surface area contributed by atoms with Crippen molar-refractivity contribution in [1.29, 1.82) is 0 Å². The maximum atomic E-state index is 13.1. The number of nitrogens with one attached hydrogen (secondary N) is 1. The summed E-state index contributed by atoms with van der Waals surface area (Å²) >= 11 is 0. The first kappa shape index (κ1) is 23.9. The molecule has 0 aromatic heterocycles. The molecule has 0 aliphatic carbocycles. The number of carbonyl (C=O) groups excluding carboxylic acids is 1. The molecule has 1 heterocycles. The van der Waals surface area contributed by atoms with Crippen LogP contribution in [0.5, 0.6) is 11.5 Å². The van der Waals surface area contributed by atoms with Gasteiger partial charge in [-0.15, -0.1) is 0 Å². The fraction of sp³-hybridized carbons (Fsp3) is 0.381. The predicted octanol–water partition coefficient (Wildman–Crippen LogP) is 3.76. The molecule has 1 aliphatic rings. The first-order valence-corrected chi connectivity index (χ1v) is 11.2. The van der Waals surface area contributed by atoms with Gasteiger partial charge in [-0.3, -0.25) is 4.79 Å². The molecule has 7 nitrogen and oxygen atoms in total. The minimum Gasteiger partial charge on any atom is -0.493 e. The SMILES string of the molecule is COc1ccc(S(=O)(=O)N2CCC[C@H](C(=O)Nc3ccc(C(F)(F)F)cc3)C2)cc1OC. The van der Waals surface area contributed by atoms with Crippen LogP contribution in [0.2, 0.25) is 0 Å². The maximum absolute atomic E-state index is 13.1. The number of nitrogens with zero attached hydrogens (tertiary/aromatic N) is 1. The summed E-state index contributed by atoms with van der Waals surface area (Å²) in [5.74, 6) is -0.431. The molecule has 1 aliphatic heterocycles. The molecule has 2 aromatic carbocycles. The Labute approximate surface area is 184 Å². The summed E-state index contributed by atoms with van der Waals surface area (Å²) in [7, 11) is -1.05. The Morgan fingerprint density at radius 3 is 2.31 bits per heavy atom. The zero-order chi connectivity index (χ0) is 23.5. The van der Waals surface area contributed by atoms with Gasteiger partial charge in [-0.1, -0.05) is 0 Å². The molecule has 0 bridgehead atoms. The summed E-state index contributed by atoms with van der Waals surface area (Å²) in [6.07, 6.45) is -3.53. The second kappa shape index (κ2) is 9.37. The molecule has 0 saturated carbocycles. The van der Waals surface area contributed by atoms with Gasteiger partial charge in [0.1, 0.15) is 0 Å². The Morgan fingerprint density at radius 2 is 1.72 bits per heavy atom. The fourth-order valence-corrected chi connectivity index (χ4v) is 5.03. The smallest absolute Gasteiger partial charge is 0.416 e. The van der Waals surface area contributed by atoms with Gasteiger partial charge in [-0.2, -0.15) is 17.5 Å². The second-order valence-corrected chi connectivity index (χ2v) is 9.22. The summed E-state index contributed by atoms with van der Waals surface area (Å²) in [6, 6.07) is 8.35. The zero-order valence-electron chi connectivity index (χ0n) is 17.5. The van der Waals surface area contributed by atoms with Gasteiger partial charge in [0.25, 0.3) is 0 Å². The molecule has 2 aromatic rings. The van der Waals surface area contributed by atoms with Crippen molar-refractivity contribution in [1.82, 2.24) is 4.31 Å². The Balaban J connectivity index is 1.72. The molecule has 1 saturated heterocycles. The number of piperidine rings is 1. The van der Waals surface area contributed by atoms with Gasteiger partial charge in [0, 0.05) is 24.8 Å². The Hall–Kier alpha value is -2.79. The monoisotopic (exact) mass is 472 g/mol. The lowest BCUT2D eigenvalue weighted by molar-refractivity contribution is -0.137. The predicted molar refractivity (Wildman–Crippen MR) is 111 cm³/mol. The summed E-state index contributed by atoms with van der Waals surface area (Å²) < 4.78 is 75.8. The van der Waals surface area contributed by atoms with Crippen LogP contribution in [0, 0.1) is 5.92 Å². The zero-order valence-corrected chi connectivity index (χ0v) is 18.3. The topological polar surface area (TPSA) is 84.9 Å². The number of rotatable bonds is 6. The summed E-state index contributed by atoms with van der Waals surface area (Å²) in [4.78, 5) is 12.7. The molecule has 1 amide bonds. The van der Waals surface area contributed by atoms with Crippen molar-refractivity contribution in [3.8, 4) is 11.5 Å². The van der Waals surface area contributed by atoms with E-state index in [2.05, 4.69) is 5.32 Å². The summed E-state index contributed by atoms with van der Waals surface area (Å²) in [5.41, 5.74) is -0.608. The number of benzene rings is 2. The highest BCUT2D eigenvalue weighted by atomic mass is 32.2. The van der Waals surface area contributed by atoms with Crippen molar-refractivity contribution in [3.63, 3.8) is 0 Å². The average Bonchev–Trinajstić information content (AvgIpc) is 2.78. The number of halogens is 3. The van der Waals surface area contributed by atoms with Crippen molar-refractivity contribution in [2.75, 3.05) is 32.6 Å². The lowest BCUT2D eigenvalue weighted by Gasteiger charge is -2.31. The van der Waals surface area contributed by atoms with E-state index in [1.807, 2.05) is 0 Å². The van der Waals surface area contributed by atoms with Gasteiger partial charge in [-0.25, -0.2) is 8.42 Å². The van der Waals surface area contributed by atoms with Gasteiger partial charge >= 0.3 is 6.18 Å². The van der Waals surface area contributed by atoms with Gasteiger partial charge in [-0.05, 0) is 49.2 Å². The largest absolute Gasteiger partial charge is 0.493 e. The number of ether oxygens (including phenoxy) is 2. The van der Waals surface area contributed by atoms with Crippen molar-refractivity contribution in [2.24, 2.45) is 5.92 Å². The van der Waals surface area contributed by atoms with Crippen molar-refractivity contribution in [3.05, 3.63) is 48.0 Å². The molecular formula is C21H23F3N2O5S. The minimum absolute atomic E-state index is 0.0129. The van der Waals surface area contributed by atoms with E-state index in [9.17, 15) is 26.4 Å². The maximum Gasteiger partial charge on any atom is 0.416 e. The Bertz CT molecular complexity index is 1070. The Kier molecular flexibility index (Phi) is 6.99. The Morgan fingerprint density at radius 1 is 1.06 bits per heavy atom. The van der Waals surface area contributed by atoms with Crippen LogP contribution in [-0.4, -0.2) is 45.9 Å². The van der Waals surface area contributed by atoms with E-state index in [0.29, 0.717) is 18.6 Å². The minimum atomic E-state index is -4.47. The van der Waals surface area contributed by atoms with E-state index in [-0.39, 0.29) is 29.4 Å². The molecular weight excluding hydrogens is 449 g/mol. The summed E-state index contributed by atoms with van der Waals surface area (Å²) in [5, 5.41) is 2.57. The van der Waals surface area contributed by atoms with Crippen LogP contribution in [0.25, 0.3) is 0 Å². The van der Waals surface area contributed by atoms with E-state index in [1.165, 1.54) is 48.9 Å². The van der Waals surface area contributed by atoms with Crippen LogP contribution in [0.1, 0.15) is 18.4 Å². The highest BCUT2D eigenvalue weighted by Gasteiger charge is 2.34. The summed E-state index contributed by atoms with van der Waals surface area (Å²) in [6.45, 7) is 0.212. The van der Waals surface area contributed by atoms with Crippen LogP contribution in [0.4, 0.5) is 18.9 Å². The van der Waals surface area contributed by atoms with Crippen molar-refractivity contribution in [2.45, 2.75) is 23.9 Å². The normalized spacial score (nSPS) is 17.6. The van der Waals surface area contributed by atoms with Crippen LogP contribution in [-0.2, 0) is 21.0 Å². The number of hydrogen-bond donors (Lipinski definition) is 1. The molecule has 0 spiro atoms. The lowest BCUT2D eigenvalue weighted by Crippen LogP contribution is -2.43. The first-order chi connectivity index (χ1) is 15.1. The van der Waals surface area contributed by atoms with E-state index in [1.54, 1.807) is 0 Å². The molecule has 0 radical (unpaired) electrons. The highest BCUT2D eigenvalue weighted by Crippen LogP contribution is 2.33. The first-order valence-electron chi connectivity index (χ1n) is 9.76. The number of amides is 1. The molecule has 11 heteroatoms. The van der Waals surface area contributed by atoms with Crippen LogP contribution >= 0.6 is 0 Å². The fourth-order valence-electron chi connectivity index (χ4n) is 3.49. The molecule has 1 atom stereocenters. The molecule has 174 valence electrons. The van der Waals surface area contributed by atoms with Crippen molar-refractivity contribution >= 4 is 21.6 Å². The number of anilines is 1. The van der Waals surface area contributed by atoms with Crippen LogP contribution in [0.15, 0.2) is 47.4 Å². The van der Waals surface area contributed by atoms with Gasteiger partial charge in [0.2, 0.25) is 15.9 Å². The standard InChI is InChI=1S/C21H23F3N2O5S/c1-30-18-10-9-17(12-19(18)31-2)32(28,29)26-11-3-4-14(13-26)20(27)25-16-7-5-15(6-8-16)21(22,23)24/h5-10,12,14H,3-4,11,13H2,1-2H3,(H,25,27)/t14-/m0/s1. The quantitative estimate of drug-likeness (QED) is 0.692. The van der Waals surface area contributed by atoms with E-state index in [0.717, 1.165) is 12.1 Å². The van der Waals surface area contributed by atoms with Gasteiger partial charge in [0.05, 0.1) is 30.6 Å². The molecule has 1 N–H and O–H groups in total. The van der Waals surface area contributed by atoms with Gasteiger partial charge < -0.3 is 14.8 Å². The van der Waals surface area contributed by atoms with E-state index >= 15 is 0 Å². The number of sulfonamides is 1. The van der Waals surface area contributed by atoms with Crippen molar-refractivity contribution < 1.29 is 35.9 Å². The van der Waals surface area contributed by atoms with Crippen LogP contribution < -0.4 is 14.8 Å². The second-order valence-electron chi connectivity index (χ2n) is 7.28. The third kappa shape index (κ3) is 5.16. The molecule has 3 rings (SSSR count). The van der Waals surface area contributed by atoms with E-state index < -0.39 is 33.6 Å². The third-order valence-corrected chi connectivity index (χ3v) is 7.09. The number of carbonyl (C=O) groups is 1. The lowest BCUT2D eigenvalue weighted by atomic mass is 9.98. The third-order valence-electron chi connectivity index (χ3n) is 5.23. The van der Waals surface area contributed by atoms with E-state index in [4.69, 9.17) is 9.47 Å². The highest BCUT2D eigenvalue weighted by molar-refractivity contribution is 7.89. The molecule has 32 heavy (non-hydrogen) atoms. The number of alkyl halides is 3. The number of methoxy groups -OCH3 is 2. The average molecular weight is 472 g/mol. The number of hydrogen-bond acceptors (Lipinski definition) is 5. The molecule has 0 unspecified atom stereocenters. The molecule has 1 fully saturated rings. The van der Waals surface area contributed by atoms with Crippen LogP contribution in [0.3, 0.4) is 0 Å².